The largest absolute Gasteiger partial charge is 0.399 e. The summed E-state index contributed by atoms with van der Waals surface area (Å²) in [4.78, 5) is 2.36. The molecule has 0 unspecified atom stereocenters. The van der Waals surface area contributed by atoms with Gasteiger partial charge in [0.15, 0.2) is 6.29 Å². The summed E-state index contributed by atoms with van der Waals surface area (Å²) in [6.45, 7) is 2.32. The number of rotatable bonds is 6. The van der Waals surface area contributed by atoms with Gasteiger partial charge in [-0.05, 0) is 53.8 Å². The van der Waals surface area contributed by atoms with Crippen molar-refractivity contribution in [2.75, 3.05) is 25.4 Å². The number of ether oxygens (including phenoxy) is 2. The molecule has 0 spiro atoms. The normalized spacial score (nSPS) is 24.5. The molecule has 0 amide bonds. The fourth-order valence-corrected chi connectivity index (χ4v) is 5.31. The number of likely N-dealkylation sites (tertiary alicyclic amines) is 1. The average molecular weight is 509 g/mol. The molecule has 2 saturated heterocycles. The number of aliphatic hydroxyl groups excluding tert-OH is 1. The van der Waals surface area contributed by atoms with Crippen LogP contribution in [-0.2, 0) is 21.7 Å². The number of halogens is 1. The van der Waals surface area contributed by atoms with E-state index in [0.29, 0.717) is 23.6 Å². The van der Waals surface area contributed by atoms with Gasteiger partial charge in [0.25, 0.3) is 0 Å². The Morgan fingerprint density at radius 2 is 1.67 bits per heavy atom. The molecular formula is C29H33ClN2O4. The second kappa shape index (κ2) is 10.9. The summed E-state index contributed by atoms with van der Waals surface area (Å²) in [5.41, 5.74) is 9.62. The monoisotopic (exact) mass is 508 g/mol. The van der Waals surface area contributed by atoms with Gasteiger partial charge in [-0.3, -0.25) is 0 Å². The highest BCUT2D eigenvalue weighted by atomic mass is 35.5. The summed E-state index contributed by atoms with van der Waals surface area (Å²) >= 11 is 6.03. The second-order valence-corrected chi connectivity index (χ2v) is 10.3. The number of nitrogens with zero attached hydrogens (tertiary/aromatic N) is 1. The lowest BCUT2D eigenvalue weighted by atomic mass is 9.84. The Labute approximate surface area is 217 Å². The van der Waals surface area contributed by atoms with Gasteiger partial charge in [-0.2, -0.15) is 0 Å². The Morgan fingerprint density at radius 1 is 0.944 bits per heavy atom. The van der Waals surface area contributed by atoms with E-state index in [1.54, 1.807) is 0 Å². The maximum Gasteiger partial charge on any atom is 0.185 e. The van der Waals surface area contributed by atoms with Crippen LogP contribution < -0.4 is 5.73 Å². The molecule has 4 N–H and O–H groups in total. The highest BCUT2D eigenvalue weighted by Crippen LogP contribution is 2.39. The molecule has 0 radical (unpaired) electrons. The zero-order valence-corrected chi connectivity index (χ0v) is 21.0. The Hall–Kier alpha value is -2.45. The molecule has 5 rings (SSSR count). The molecule has 2 fully saturated rings. The third-order valence-corrected chi connectivity index (χ3v) is 7.58. The molecule has 3 aromatic rings. The van der Waals surface area contributed by atoms with E-state index in [4.69, 9.17) is 26.8 Å². The van der Waals surface area contributed by atoms with Crippen LogP contribution >= 0.6 is 11.6 Å². The van der Waals surface area contributed by atoms with Crippen LogP contribution in [0, 0.1) is 0 Å². The fraction of sp³-hybridized carbons (Fsp3) is 0.379. The van der Waals surface area contributed by atoms with Gasteiger partial charge in [-0.1, -0.05) is 60.1 Å². The molecule has 0 bridgehead atoms. The molecule has 0 aromatic heterocycles. The zero-order valence-electron chi connectivity index (χ0n) is 20.2. The predicted molar refractivity (Wildman–Crippen MR) is 140 cm³/mol. The zero-order chi connectivity index (χ0) is 25.1. The number of piperidine rings is 1. The summed E-state index contributed by atoms with van der Waals surface area (Å²) in [5.74, 6) is 0. The minimum Gasteiger partial charge on any atom is -0.399 e. The van der Waals surface area contributed by atoms with Crippen molar-refractivity contribution in [1.82, 2.24) is 4.90 Å². The molecule has 2 heterocycles. The predicted octanol–water partition coefficient (Wildman–Crippen LogP) is 4.94. The van der Waals surface area contributed by atoms with E-state index >= 15 is 0 Å². The lowest BCUT2D eigenvalue weighted by molar-refractivity contribution is -0.253. The number of hydrogen-bond donors (Lipinski definition) is 3. The van der Waals surface area contributed by atoms with E-state index in [1.165, 1.54) is 0 Å². The number of nitrogens with two attached hydrogens (primary N) is 1. The van der Waals surface area contributed by atoms with Crippen molar-refractivity contribution in [3.8, 4) is 0 Å². The van der Waals surface area contributed by atoms with Crippen molar-refractivity contribution in [2.45, 2.75) is 50.0 Å². The summed E-state index contributed by atoms with van der Waals surface area (Å²) in [7, 11) is 0. The van der Waals surface area contributed by atoms with Crippen LogP contribution in [-0.4, -0.2) is 40.9 Å². The van der Waals surface area contributed by atoms with Gasteiger partial charge < -0.3 is 30.3 Å². The Kier molecular flexibility index (Phi) is 7.62. The van der Waals surface area contributed by atoms with E-state index in [2.05, 4.69) is 4.90 Å². The van der Waals surface area contributed by atoms with Gasteiger partial charge in [-0.15, -0.1) is 0 Å². The molecular weight excluding hydrogens is 476 g/mol. The molecule has 36 heavy (non-hydrogen) atoms. The van der Waals surface area contributed by atoms with Crippen LogP contribution in [0.1, 0.15) is 53.9 Å². The summed E-state index contributed by atoms with van der Waals surface area (Å²) in [5, 5.41) is 21.3. The minimum atomic E-state index is -0.835. The quantitative estimate of drug-likeness (QED) is 0.409. The number of anilines is 1. The first-order chi connectivity index (χ1) is 17.4. The smallest absolute Gasteiger partial charge is 0.185 e. The van der Waals surface area contributed by atoms with Crippen molar-refractivity contribution >= 4 is 17.3 Å². The number of nitrogen functional groups attached to an aromatic ring is 1. The Bertz CT molecular complexity index is 1150. The van der Waals surface area contributed by atoms with Gasteiger partial charge in [0.1, 0.15) is 0 Å². The summed E-state index contributed by atoms with van der Waals surface area (Å²) < 4.78 is 12.8. The molecule has 7 heteroatoms. The number of aliphatic hydroxyl groups is 2. The second-order valence-electron chi connectivity index (χ2n) is 9.86. The lowest BCUT2D eigenvalue weighted by Gasteiger charge is -2.42. The molecule has 0 saturated carbocycles. The number of benzene rings is 3. The van der Waals surface area contributed by atoms with E-state index in [-0.39, 0.29) is 18.8 Å². The fourth-order valence-electron chi connectivity index (χ4n) is 5.18. The molecule has 2 aliphatic heterocycles. The van der Waals surface area contributed by atoms with Crippen LogP contribution in [0.3, 0.4) is 0 Å². The van der Waals surface area contributed by atoms with E-state index in [1.807, 2.05) is 72.8 Å². The molecule has 3 aromatic carbocycles. The third-order valence-electron chi connectivity index (χ3n) is 7.32. The van der Waals surface area contributed by atoms with Crippen LogP contribution in [0.25, 0.3) is 0 Å². The highest BCUT2D eigenvalue weighted by molar-refractivity contribution is 6.30. The first-order valence-electron chi connectivity index (χ1n) is 12.5. The molecule has 2 aliphatic rings. The maximum absolute atomic E-state index is 11.3. The standard InChI is InChI=1S/C29H33ClN2O4/c30-24-10-8-23(9-11-24)29(34)12-14-32(15-13-29)18-26-17-27(21-6-4-20(19-33)5-7-21)36-28(35-26)22-2-1-3-25(31)16-22/h1-11,16,26-28,33-34H,12-15,17-19,31H2/t26-,27+,28+/m1/s1. The van der Waals surface area contributed by atoms with Gasteiger partial charge in [0.05, 0.1) is 24.4 Å². The lowest BCUT2D eigenvalue weighted by Crippen LogP contribution is -2.46. The van der Waals surface area contributed by atoms with Crippen LogP contribution in [0.2, 0.25) is 5.02 Å². The molecule has 3 atom stereocenters. The third kappa shape index (κ3) is 5.75. The summed E-state index contributed by atoms with van der Waals surface area (Å²) in [6.07, 6.45) is 1.32. The van der Waals surface area contributed by atoms with Crippen molar-refractivity contribution in [3.05, 3.63) is 100 Å². The van der Waals surface area contributed by atoms with E-state index in [9.17, 15) is 10.2 Å². The van der Waals surface area contributed by atoms with Crippen LogP contribution in [0.5, 0.6) is 0 Å². The van der Waals surface area contributed by atoms with Crippen LogP contribution in [0.15, 0.2) is 72.8 Å². The molecule has 0 aliphatic carbocycles. The molecule has 6 nitrogen and oxygen atoms in total. The van der Waals surface area contributed by atoms with E-state index < -0.39 is 11.9 Å². The van der Waals surface area contributed by atoms with Gasteiger partial charge in [0, 0.05) is 42.3 Å². The first kappa shape index (κ1) is 25.2. The average Bonchev–Trinajstić information content (AvgIpc) is 2.90. The first-order valence-corrected chi connectivity index (χ1v) is 12.9. The van der Waals surface area contributed by atoms with Crippen molar-refractivity contribution in [1.29, 1.82) is 0 Å². The maximum atomic E-state index is 11.3. The minimum absolute atomic E-state index is 0.0147. The van der Waals surface area contributed by atoms with Gasteiger partial charge in [0.2, 0.25) is 0 Å². The summed E-state index contributed by atoms with van der Waals surface area (Å²) in [6, 6.07) is 23.0. The van der Waals surface area contributed by atoms with E-state index in [0.717, 1.165) is 48.3 Å². The highest BCUT2D eigenvalue weighted by Gasteiger charge is 2.37. The van der Waals surface area contributed by atoms with Crippen molar-refractivity contribution < 1.29 is 19.7 Å². The Balaban J connectivity index is 1.29. The molecule has 190 valence electrons. The van der Waals surface area contributed by atoms with Gasteiger partial charge >= 0.3 is 0 Å². The SMILES string of the molecule is Nc1cccc([C@H]2O[C@@H](CN3CCC(O)(c4ccc(Cl)cc4)CC3)C[C@@H](c3ccc(CO)cc3)O2)c1. The van der Waals surface area contributed by atoms with Crippen molar-refractivity contribution in [2.24, 2.45) is 0 Å². The number of hydrogen-bond acceptors (Lipinski definition) is 6. The Morgan fingerprint density at radius 3 is 2.33 bits per heavy atom. The topological polar surface area (TPSA) is 88.2 Å². The van der Waals surface area contributed by atoms with Crippen LogP contribution in [0.4, 0.5) is 5.69 Å². The van der Waals surface area contributed by atoms with Gasteiger partial charge in [-0.25, -0.2) is 0 Å². The van der Waals surface area contributed by atoms with Crippen molar-refractivity contribution in [3.63, 3.8) is 0 Å².